The van der Waals surface area contributed by atoms with Gasteiger partial charge in [0.2, 0.25) is 6.41 Å². The molecule has 0 saturated carbocycles. The molecule has 1 heterocycles. The third kappa shape index (κ3) is 8.73. The van der Waals surface area contributed by atoms with E-state index in [1.807, 2.05) is 20.8 Å². The summed E-state index contributed by atoms with van der Waals surface area (Å²) in [5.41, 5.74) is 6.44. The Labute approximate surface area is 174 Å². The number of aromatic nitrogens is 2. The first-order chi connectivity index (χ1) is 13.2. The van der Waals surface area contributed by atoms with Crippen molar-refractivity contribution in [2.45, 2.75) is 47.6 Å². The minimum atomic E-state index is -4.63. The predicted molar refractivity (Wildman–Crippen MR) is 114 cm³/mol. The highest BCUT2D eigenvalue weighted by atomic mass is 32.1. The van der Waals surface area contributed by atoms with Crippen molar-refractivity contribution in [3.63, 3.8) is 0 Å². The lowest BCUT2D eigenvalue weighted by Crippen LogP contribution is -2.22. The molecule has 164 valence electrons. The molecule has 10 nitrogen and oxygen atoms in total. The van der Waals surface area contributed by atoms with E-state index in [1.165, 1.54) is 11.1 Å². The number of carbonyl (C=O) groups is 1. The maximum Gasteiger partial charge on any atom is 0.469 e. The normalized spacial score (nSPS) is 14.1. The maximum absolute atomic E-state index is 11.7. The first-order valence-electron chi connectivity index (χ1n) is 8.72. The van der Waals surface area contributed by atoms with Crippen LogP contribution in [0.25, 0.3) is 0 Å². The summed E-state index contributed by atoms with van der Waals surface area (Å²) in [7, 11) is -4.63. The number of hydrogen-bond donors (Lipinski definition) is 5. The van der Waals surface area contributed by atoms with Crippen LogP contribution < -0.4 is 5.73 Å². The fraction of sp³-hybridized carbons (Fsp3) is 0.529. The number of aliphatic hydroxyl groups excluding tert-OH is 1. The van der Waals surface area contributed by atoms with E-state index < -0.39 is 13.2 Å². The van der Waals surface area contributed by atoms with E-state index in [0.29, 0.717) is 39.8 Å². The summed E-state index contributed by atoms with van der Waals surface area (Å²) in [5.74, 6) is 0.764. The second-order valence-electron chi connectivity index (χ2n) is 7.35. The molecule has 0 unspecified atom stereocenters. The van der Waals surface area contributed by atoms with Crippen LogP contribution in [-0.2, 0) is 20.4 Å². The van der Waals surface area contributed by atoms with Gasteiger partial charge in [-0.15, -0.1) is 11.4 Å². The number of rotatable bonds is 9. The van der Waals surface area contributed by atoms with Gasteiger partial charge in [-0.3, -0.25) is 9.32 Å². The second kappa shape index (κ2) is 10.4. The zero-order valence-electron chi connectivity index (χ0n) is 17.2. The van der Waals surface area contributed by atoms with E-state index >= 15 is 0 Å². The van der Waals surface area contributed by atoms with Crippen molar-refractivity contribution in [3.05, 3.63) is 28.2 Å². The number of nitrogens with zero attached hydrogens (tertiary/aromatic N) is 3. The van der Waals surface area contributed by atoms with Crippen LogP contribution in [0.3, 0.4) is 0 Å². The topological polar surface area (TPSA) is 159 Å². The molecular formula is C17H29N4O6PS. The summed E-state index contributed by atoms with van der Waals surface area (Å²) in [6, 6.07) is 0. The van der Waals surface area contributed by atoms with Gasteiger partial charge < -0.3 is 25.5 Å². The number of nitrogen functional groups attached to an aromatic ring is 1. The Bertz CT molecular complexity index is 847. The number of phosphoric acid groups is 1. The highest BCUT2D eigenvalue weighted by molar-refractivity contribution is 8.02. The Morgan fingerprint density at radius 2 is 2.03 bits per heavy atom. The monoisotopic (exact) mass is 448 g/mol. The van der Waals surface area contributed by atoms with Gasteiger partial charge in [-0.05, 0) is 18.8 Å². The van der Waals surface area contributed by atoms with Crippen LogP contribution in [0.15, 0.2) is 16.8 Å². The number of carbonyl (C=O) groups excluding carboxylic acids is 1. The fourth-order valence-corrected chi connectivity index (χ4v) is 3.51. The van der Waals surface area contributed by atoms with Gasteiger partial charge in [-0.1, -0.05) is 20.8 Å². The number of thiol groups is 1. The average Bonchev–Trinajstić information content (AvgIpc) is 2.57. The summed E-state index contributed by atoms with van der Waals surface area (Å²) in [6.45, 7) is 8.70. The van der Waals surface area contributed by atoms with E-state index in [2.05, 4.69) is 14.5 Å². The zero-order chi connectivity index (χ0) is 22.4. The molecule has 0 bridgehead atoms. The molecule has 0 aliphatic rings. The van der Waals surface area contributed by atoms with E-state index in [9.17, 15) is 14.5 Å². The minimum Gasteiger partial charge on any atom is -0.383 e. The number of allylic oxidation sites excluding steroid dienone is 1. The molecule has 0 aromatic carbocycles. The fourth-order valence-electron chi connectivity index (χ4n) is 2.09. The van der Waals surface area contributed by atoms with E-state index in [1.54, 1.807) is 13.8 Å². The van der Waals surface area contributed by atoms with E-state index in [0.717, 1.165) is 0 Å². The first-order valence-corrected chi connectivity index (χ1v) is 11.1. The molecule has 5 N–H and O–H groups in total. The molecule has 1 amide bonds. The Balaban J connectivity index is 3.26. The minimum absolute atomic E-state index is 0.100. The van der Waals surface area contributed by atoms with Crippen LogP contribution in [0.4, 0.5) is 5.82 Å². The van der Waals surface area contributed by atoms with Gasteiger partial charge in [0.15, 0.2) is 0 Å². The first kappa shape index (κ1) is 25.4. The Hall–Kier alpha value is -1.62. The van der Waals surface area contributed by atoms with Crippen LogP contribution in [0.2, 0.25) is 0 Å². The number of hydrogen-bond acceptors (Lipinski definition) is 6. The van der Waals surface area contributed by atoms with Crippen molar-refractivity contribution >= 4 is 36.5 Å². The summed E-state index contributed by atoms with van der Waals surface area (Å²) < 4.78 is 15.5. The molecule has 12 heteroatoms. The van der Waals surface area contributed by atoms with Crippen LogP contribution in [0.1, 0.15) is 45.5 Å². The molecule has 1 rings (SSSR count). The Kier molecular flexibility index (Phi) is 9.13. The number of aryl methyl sites for hydroxylation is 1. The van der Waals surface area contributed by atoms with Gasteiger partial charge in [0.1, 0.15) is 11.6 Å². The van der Waals surface area contributed by atoms with Crippen molar-refractivity contribution in [1.82, 2.24) is 14.9 Å². The number of aliphatic hydroxyl groups is 1. The number of anilines is 1. The average molecular weight is 448 g/mol. The van der Waals surface area contributed by atoms with E-state index in [4.69, 9.17) is 15.5 Å². The predicted octanol–water partition coefficient (Wildman–Crippen LogP) is 2.26. The Morgan fingerprint density at radius 3 is 2.52 bits per heavy atom. The van der Waals surface area contributed by atoms with Crippen LogP contribution in [0.5, 0.6) is 0 Å². The SMILES string of the molecule is C/C(=C(CCOP(=O)(O)O)/[SH]=C(\O)C(C)(C)C)N(C=O)Cc1cnc(C)nc1N. The van der Waals surface area contributed by atoms with Gasteiger partial charge >= 0.3 is 7.82 Å². The lowest BCUT2D eigenvalue weighted by atomic mass is 9.99. The van der Waals surface area contributed by atoms with Gasteiger partial charge in [-0.2, -0.15) is 0 Å². The summed E-state index contributed by atoms with van der Waals surface area (Å²) in [5, 5.41) is 10.6. The molecule has 1 aromatic rings. The van der Waals surface area contributed by atoms with Crippen LogP contribution >= 0.6 is 19.2 Å². The molecule has 0 fully saturated rings. The highest BCUT2D eigenvalue weighted by Crippen LogP contribution is 2.37. The standard InChI is InChI=1S/C17H29N4O6PS/c1-11(21(10-22)9-13-8-19-12(2)20-15(13)18)14(6-7-27-28(24,25)26)29-16(23)17(3,4)5/h8,10,23,29H,6-7,9H2,1-5H3,(H2,18,19,20)(H2,24,25,26)/b14-11-. The van der Waals surface area contributed by atoms with Crippen LogP contribution in [0, 0.1) is 12.3 Å². The zero-order valence-corrected chi connectivity index (χ0v) is 18.9. The molecule has 29 heavy (non-hydrogen) atoms. The quantitative estimate of drug-likeness (QED) is 0.165. The molecule has 0 spiro atoms. The van der Waals surface area contributed by atoms with Crippen molar-refractivity contribution in [1.29, 1.82) is 0 Å². The molecule has 0 radical (unpaired) electrons. The summed E-state index contributed by atoms with van der Waals surface area (Å²) >= 11 is 0.428. The molecule has 0 aliphatic carbocycles. The summed E-state index contributed by atoms with van der Waals surface area (Å²) in [6.07, 6.45) is 2.25. The molecule has 0 saturated heterocycles. The third-order valence-corrected chi connectivity index (χ3v) is 6.06. The largest absolute Gasteiger partial charge is 0.469 e. The van der Waals surface area contributed by atoms with Crippen molar-refractivity contribution in [3.8, 4) is 0 Å². The number of amides is 1. The molecule has 0 atom stereocenters. The molecular weight excluding hydrogens is 419 g/mol. The smallest absolute Gasteiger partial charge is 0.383 e. The lowest BCUT2D eigenvalue weighted by Gasteiger charge is -2.23. The molecule has 1 aromatic heterocycles. The van der Waals surface area contributed by atoms with E-state index in [-0.39, 0.29) is 30.4 Å². The maximum atomic E-state index is 11.7. The lowest BCUT2D eigenvalue weighted by molar-refractivity contribution is -0.116. The number of phosphoric ester groups is 1. The second-order valence-corrected chi connectivity index (χ2v) is 9.78. The van der Waals surface area contributed by atoms with Crippen molar-refractivity contribution < 1.29 is 28.8 Å². The van der Waals surface area contributed by atoms with Gasteiger partial charge in [0.05, 0.1) is 18.2 Å². The molecule has 0 aliphatic heterocycles. The number of nitrogens with two attached hydrogens (primary N) is 1. The Morgan fingerprint density at radius 1 is 1.41 bits per heavy atom. The van der Waals surface area contributed by atoms with Crippen molar-refractivity contribution in [2.75, 3.05) is 12.3 Å². The van der Waals surface area contributed by atoms with Gasteiger partial charge in [-0.25, -0.2) is 14.5 Å². The highest BCUT2D eigenvalue weighted by Gasteiger charge is 2.19. The van der Waals surface area contributed by atoms with Gasteiger partial charge in [0.25, 0.3) is 0 Å². The van der Waals surface area contributed by atoms with Crippen LogP contribution in [-0.4, -0.2) is 47.8 Å². The van der Waals surface area contributed by atoms with Gasteiger partial charge in [0, 0.05) is 29.3 Å². The summed E-state index contributed by atoms with van der Waals surface area (Å²) in [4.78, 5) is 39.7. The third-order valence-electron chi connectivity index (χ3n) is 3.84. The van der Waals surface area contributed by atoms with Crippen molar-refractivity contribution in [2.24, 2.45) is 5.41 Å².